The normalized spacial score (nSPS) is 10.2. The molecule has 0 aliphatic rings. The fourth-order valence-corrected chi connectivity index (χ4v) is 2.56. The highest BCUT2D eigenvalue weighted by molar-refractivity contribution is 6.44. The first-order chi connectivity index (χ1) is 12.6. The molecule has 130 valence electrons. The minimum absolute atomic E-state index is 0.304. The maximum absolute atomic E-state index is 12.8. The lowest BCUT2D eigenvalue weighted by Gasteiger charge is -2.22. The van der Waals surface area contributed by atoms with Crippen molar-refractivity contribution < 1.29 is 9.59 Å². The molecule has 0 saturated heterocycles. The molecule has 2 aromatic carbocycles. The molecule has 0 unspecified atom stereocenters. The summed E-state index contributed by atoms with van der Waals surface area (Å²) >= 11 is 0. The van der Waals surface area contributed by atoms with Crippen molar-refractivity contribution in [3.63, 3.8) is 0 Å². The van der Waals surface area contributed by atoms with Crippen LogP contribution in [0.4, 0.5) is 11.5 Å². The average molecular weight is 345 g/mol. The Morgan fingerprint density at radius 3 is 2.19 bits per heavy atom. The first-order valence-corrected chi connectivity index (χ1v) is 8.29. The molecule has 2 amide bonds. The van der Waals surface area contributed by atoms with Gasteiger partial charge in [0.25, 0.3) is 0 Å². The summed E-state index contributed by atoms with van der Waals surface area (Å²) in [6.45, 7) is 2.13. The third-order valence-corrected chi connectivity index (χ3v) is 3.82. The summed E-state index contributed by atoms with van der Waals surface area (Å²) in [6.07, 6.45) is 0. The second-order valence-electron chi connectivity index (χ2n) is 5.83. The van der Waals surface area contributed by atoms with E-state index in [4.69, 9.17) is 0 Å². The van der Waals surface area contributed by atoms with E-state index in [-0.39, 0.29) is 0 Å². The molecule has 1 N–H and O–H groups in total. The molecule has 1 heterocycles. The van der Waals surface area contributed by atoms with Gasteiger partial charge in [-0.2, -0.15) is 0 Å². The topological polar surface area (TPSA) is 62.3 Å². The zero-order valence-electron chi connectivity index (χ0n) is 14.4. The minimum Gasteiger partial charge on any atom is -0.302 e. The molecule has 0 fully saturated rings. The van der Waals surface area contributed by atoms with Crippen molar-refractivity contribution in [1.29, 1.82) is 0 Å². The predicted molar refractivity (Wildman–Crippen MR) is 102 cm³/mol. The number of para-hydroxylation sites is 1. The fraction of sp³-hybridized carbons (Fsp3) is 0.0952. The number of hydrogen-bond donors (Lipinski definition) is 1. The molecule has 5 heteroatoms. The van der Waals surface area contributed by atoms with E-state index in [1.165, 1.54) is 4.90 Å². The maximum Gasteiger partial charge on any atom is 0.317 e. The summed E-state index contributed by atoms with van der Waals surface area (Å²) in [7, 11) is 0. The molecule has 5 nitrogen and oxygen atoms in total. The van der Waals surface area contributed by atoms with Crippen LogP contribution in [-0.2, 0) is 16.1 Å². The van der Waals surface area contributed by atoms with Gasteiger partial charge in [0.2, 0.25) is 0 Å². The van der Waals surface area contributed by atoms with Crippen molar-refractivity contribution in [3.05, 3.63) is 90.1 Å². The number of pyridine rings is 1. The number of carbonyl (C=O) groups is 2. The number of hydrogen-bond acceptors (Lipinski definition) is 3. The zero-order chi connectivity index (χ0) is 18.4. The number of nitrogens with one attached hydrogen (secondary N) is 1. The van der Waals surface area contributed by atoms with Crippen LogP contribution in [0.1, 0.15) is 11.3 Å². The lowest BCUT2D eigenvalue weighted by Crippen LogP contribution is -2.39. The van der Waals surface area contributed by atoms with Crippen LogP contribution in [0.5, 0.6) is 0 Å². The van der Waals surface area contributed by atoms with E-state index in [1.807, 2.05) is 61.5 Å². The van der Waals surface area contributed by atoms with Gasteiger partial charge in [0.1, 0.15) is 5.82 Å². The molecule has 0 radical (unpaired) electrons. The Kier molecular flexibility index (Phi) is 5.39. The minimum atomic E-state index is -0.720. The van der Waals surface area contributed by atoms with E-state index < -0.39 is 11.8 Å². The first kappa shape index (κ1) is 17.4. The van der Waals surface area contributed by atoms with Gasteiger partial charge < -0.3 is 5.32 Å². The SMILES string of the molecule is Cc1cccc(NC(=O)C(=O)N(Cc2ccccc2)c2ccccc2)n1. The van der Waals surface area contributed by atoms with Crippen molar-refractivity contribution in [2.75, 3.05) is 10.2 Å². The van der Waals surface area contributed by atoms with Crippen LogP contribution in [0.3, 0.4) is 0 Å². The van der Waals surface area contributed by atoms with Gasteiger partial charge in [-0.15, -0.1) is 0 Å². The number of anilines is 2. The molecule has 1 aromatic heterocycles. The Balaban J connectivity index is 1.83. The van der Waals surface area contributed by atoms with Crippen LogP contribution in [0.2, 0.25) is 0 Å². The van der Waals surface area contributed by atoms with E-state index in [1.54, 1.807) is 24.3 Å². The Morgan fingerprint density at radius 1 is 0.885 bits per heavy atom. The number of nitrogens with zero attached hydrogens (tertiary/aromatic N) is 2. The number of aryl methyl sites for hydroxylation is 1. The van der Waals surface area contributed by atoms with Crippen molar-refractivity contribution >= 4 is 23.3 Å². The van der Waals surface area contributed by atoms with E-state index in [2.05, 4.69) is 10.3 Å². The number of carbonyl (C=O) groups excluding carboxylic acids is 2. The van der Waals surface area contributed by atoms with Gasteiger partial charge in [-0.25, -0.2) is 4.98 Å². The fourth-order valence-electron chi connectivity index (χ4n) is 2.56. The third kappa shape index (κ3) is 4.33. The molecule has 0 saturated carbocycles. The Hall–Kier alpha value is -3.47. The summed E-state index contributed by atoms with van der Waals surface area (Å²) in [5.74, 6) is -0.998. The van der Waals surface area contributed by atoms with Crippen molar-refractivity contribution in [1.82, 2.24) is 4.98 Å². The summed E-state index contributed by atoms with van der Waals surface area (Å²) in [5, 5.41) is 2.58. The van der Waals surface area contributed by atoms with E-state index in [9.17, 15) is 9.59 Å². The van der Waals surface area contributed by atoms with Crippen LogP contribution in [0.15, 0.2) is 78.9 Å². The van der Waals surface area contributed by atoms with Crippen molar-refractivity contribution in [3.8, 4) is 0 Å². The number of benzene rings is 2. The first-order valence-electron chi connectivity index (χ1n) is 8.29. The summed E-state index contributed by atoms with van der Waals surface area (Å²) < 4.78 is 0. The van der Waals surface area contributed by atoms with Gasteiger partial charge in [-0.1, -0.05) is 54.6 Å². The van der Waals surface area contributed by atoms with Gasteiger partial charge in [-0.3, -0.25) is 14.5 Å². The number of amides is 2. The van der Waals surface area contributed by atoms with Gasteiger partial charge in [-0.05, 0) is 36.8 Å². The maximum atomic E-state index is 12.8. The van der Waals surface area contributed by atoms with Crippen molar-refractivity contribution in [2.24, 2.45) is 0 Å². The highest BCUT2D eigenvalue weighted by Gasteiger charge is 2.24. The van der Waals surface area contributed by atoms with Gasteiger partial charge >= 0.3 is 11.8 Å². The second kappa shape index (κ2) is 8.07. The molecule has 0 atom stereocenters. The van der Waals surface area contributed by atoms with Gasteiger partial charge in [0.15, 0.2) is 0 Å². The quantitative estimate of drug-likeness (QED) is 0.736. The third-order valence-electron chi connectivity index (χ3n) is 3.82. The molecule has 0 bridgehead atoms. The van der Waals surface area contributed by atoms with Crippen LogP contribution < -0.4 is 10.2 Å². The monoisotopic (exact) mass is 345 g/mol. The Labute approximate surface area is 152 Å². The van der Waals surface area contributed by atoms with Crippen LogP contribution in [0, 0.1) is 6.92 Å². The molecule has 26 heavy (non-hydrogen) atoms. The molecule has 0 aliphatic carbocycles. The number of rotatable bonds is 4. The summed E-state index contributed by atoms with van der Waals surface area (Å²) in [6, 6.07) is 24.0. The molecule has 0 aliphatic heterocycles. The molecular formula is C21H19N3O2. The van der Waals surface area contributed by atoms with Crippen LogP contribution in [0.25, 0.3) is 0 Å². The van der Waals surface area contributed by atoms with Crippen molar-refractivity contribution in [2.45, 2.75) is 13.5 Å². The van der Waals surface area contributed by atoms with E-state index in [0.29, 0.717) is 18.1 Å². The highest BCUT2D eigenvalue weighted by Crippen LogP contribution is 2.18. The largest absolute Gasteiger partial charge is 0.317 e. The molecular weight excluding hydrogens is 326 g/mol. The van der Waals surface area contributed by atoms with Crippen LogP contribution >= 0.6 is 0 Å². The Bertz CT molecular complexity index is 895. The molecule has 0 spiro atoms. The van der Waals surface area contributed by atoms with E-state index in [0.717, 1.165) is 11.3 Å². The second-order valence-corrected chi connectivity index (χ2v) is 5.83. The zero-order valence-corrected chi connectivity index (χ0v) is 14.4. The smallest absolute Gasteiger partial charge is 0.302 e. The van der Waals surface area contributed by atoms with Gasteiger partial charge in [0.05, 0.1) is 6.54 Å². The molecule has 3 rings (SSSR count). The Morgan fingerprint density at radius 2 is 1.54 bits per heavy atom. The summed E-state index contributed by atoms with van der Waals surface area (Å²) in [4.78, 5) is 31.0. The van der Waals surface area contributed by atoms with Crippen LogP contribution in [-0.4, -0.2) is 16.8 Å². The average Bonchev–Trinajstić information content (AvgIpc) is 2.67. The van der Waals surface area contributed by atoms with Gasteiger partial charge in [0, 0.05) is 11.4 Å². The number of aromatic nitrogens is 1. The highest BCUT2D eigenvalue weighted by atomic mass is 16.2. The predicted octanol–water partition coefficient (Wildman–Crippen LogP) is 3.56. The van der Waals surface area contributed by atoms with E-state index >= 15 is 0 Å². The standard InChI is InChI=1S/C21H19N3O2/c1-16-9-8-14-19(22-16)23-20(25)21(26)24(18-12-6-3-7-13-18)15-17-10-4-2-5-11-17/h2-14H,15H2,1H3,(H,22,23,25). The summed E-state index contributed by atoms with van der Waals surface area (Å²) in [5.41, 5.74) is 2.36. The lowest BCUT2D eigenvalue weighted by atomic mass is 10.2. The lowest BCUT2D eigenvalue weighted by molar-refractivity contribution is -0.134. The molecule has 3 aromatic rings.